The van der Waals surface area contributed by atoms with Crippen molar-refractivity contribution < 1.29 is 0 Å². The second-order valence-electron chi connectivity index (χ2n) is 4.99. The zero-order valence-corrected chi connectivity index (χ0v) is 12.6. The lowest BCUT2D eigenvalue weighted by atomic mass is 10.0. The molecule has 0 aliphatic carbocycles. The molecule has 1 unspecified atom stereocenters. The molecule has 18 heavy (non-hydrogen) atoms. The van der Waals surface area contributed by atoms with E-state index in [9.17, 15) is 0 Å². The molecule has 1 saturated heterocycles. The number of anilines is 1. The molecule has 0 radical (unpaired) electrons. The van der Waals surface area contributed by atoms with Crippen LogP contribution < -0.4 is 10.6 Å². The highest BCUT2D eigenvalue weighted by Gasteiger charge is 2.22. The fourth-order valence-corrected chi connectivity index (χ4v) is 3.00. The van der Waals surface area contributed by atoms with Crippen molar-refractivity contribution in [3.05, 3.63) is 28.7 Å². The highest BCUT2D eigenvalue weighted by molar-refractivity contribution is 9.10. The molecule has 0 amide bonds. The summed E-state index contributed by atoms with van der Waals surface area (Å²) in [5, 5.41) is 0. The molecule has 1 aromatic rings. The van der Waals surface area contributed by atoms with Gasteiger partial charge in [-0.25, -0.2) is 0 Å². The highest BCUT2D eigenvalue weighted by atomic mass is 79.9. The van der Waals surface area contributed by atoms with Crippen LogP contribution in [0.25, 0.3) is 0 Å². The first-order valence-corrected chi connectivity index (χ1v) is 7.41. The van der Waals surface area contributed by atoms with Crippen LogP contribution in [0.5, 0.6) is 0 Å². The van der Waals surface area contributed by atoms with Crippen molar-refractivity contribution in [1.82, 2.24) is 4.90 Å². The molecular formula is C14H22BrN3. The van der Waals surface area contributed by atoms with Crippen LogP contribution >= 0.6 is 15.9 Å². The topological polar surface area (TPSA) is 32.5 Å². The van der Waals surface area contributed by atoms with Crippen molar-refractivity contribution in [3.63, 3.8) is 0 Å². The molecule has 0 spiro atoms. The van der Waals surface area contributed by atoms with Crippen molar-refractivity contribution in [2.24, 2.45) is 5.73 Å². The Bertz CT molecular complexity index is 383. The maximum Gasteiger partial charge on any atom is 0.0378 e. The molecule has 4 heteroatoms. The van der Waals surface area contributed by atoms with Gasteiger partial charge in [-0.3, -0.25) is 0 Å². The average Bonchev–Trinajstić information content (AvgIpc) is 2.39. The fraction of sp³-hybridized carbons (Fsp3) is 0.571. The number of halogens is 1. The molecule has 1 fully saturated rings. The molecule has 100 valence electrons. The SMILES string of the molecule is CN(CCN)C1CCCN(c2cccc(Br)c2)C1. The van der Waals surface area contributed by atoms with Crippen LogP contribution in [0.15, 0.2) is 28.7 Å². The van der Waals surface area contributed by atoms with E-state index < -0.39 is 0 Å². The molecule has 1 atom stereocenters. The van der Waals surface area contributed by atoms with Gasteiger partial charge in [0, 0.05) is 42.4 Å². The standard InChI is InChI=1S/C14H22BrN3/c1-17(9-7-16)14-6-3-8-18(11-14)13-5-2-4-12(15)10-13/h2,4-5,10,14H,3,6-9,11,16H2,1H3. The van der Waals surface area contributed by atoms with Crippen LogP contribution in [-0.2, 0) is 0 Å². The molecule has 2 N–H and O–H groups in total. The minimum absolute atomic E-state index is 0.626. The minimum Gasteiger partial charge on any atom is -0.370 e. The third-order valence-corrected chi connectivity index (χ3v) is 4.17. The Morgan fingerprint density at radius 1 is 1.50 bits per heavy atom. The number of nitrogens with two attached hydrogens (primary N) is 1. The van der Waals surface area contributed by atoms with Gasteiger partial charge in [-0.2, -0.15) is 0 Å². The summed E-state index contributed by atoms with van der Waals surface area (Å²) in [4.78, 5) is 4.87. The molecule has 0 aromatic heterocycles. The summed E-state index contributed by atoms with van der Waals surface area (Å²) in [6, 6.07) is 9.20. The van der Waals surface area contributed by atoms with Gasteiger partial charge in [-0.1, -0.05) is 22.0 Å². The van der Waals surface area contributed by atoms with E-state index in [-0.39, 0.29) is 0 Å². The van der Waals surface area contributed by atoms with Gasteiger partial charge >= 0.3 is 0 Å². The van der Waals surface area contributed by atoms with E-state index >= 15 is 0 Å². The fourth-order valence-electron chi connectivity index (χ4n) is 2.61. The summed E-state index contributed by atoms with van der Waals surface area (Å²) in [5.74, 6) is 0. The van der Waals surface area contributed by atoms with E-state index in [1.807, 2.05) is 0 Å². The Balaban J connectivity index is 2.02. The van der Waals surface area contributed by atoms with Gasteiger partial charge in [-0.15, -0.1) is 0 Å². The van der Waals surface area contributed by atoms with Gasteiger partial charge in [-0.05, 0) is 38.1 Å². The summed E-state index contributed by atoms with van der Waals surface area (Å²) in [7, 11) is 2.18. The number of nitrogens with zero attached hydrogens (tertiary/aromatic N) is 2. The predicted molar refractivity (Wildman–Crippen MR) is 81.1 cm³/mol. The van der Waals surface area contributed by atoms with Crippen molar-refractivity contribution in [1.29, 1.82) is 0 Å². The molecule has 3 nitrogen and oxygen atoms in total. The van der Waals surface area contributed by atoms with Crippen molar-refractivity contribution in [2.45, 2.75) is 18.9 Å². The van der Waals surface area contributed by atoms with E-state index in [1.165, 1.54) is 18.5 Å². The lowest BCUT2D eigenvalue weighted by molar-refractivity contribution is 0.221. The van der Waals surface area contributed by atoms with E-state index in [1.54, 1.807) is 0 Å². The summed E-state index contributed by atoms with van der Waals surface area (Å²) in [5.41, 5.74) is 6.96. The first-order valence-electron chi connectivity index (χ1n) is 6.61. The van der Waals surface area contributed by atoms with Crippen LogP contribution in [0, 0.1) is 0 Å². The van der Waals surface area contributed by atoms with E-state index in [2.05, 4.69) is 57.0 Å². The second kappa shape index (κ2) is 6.55. The Hall–Kier alpha value is -0.580. The Morgan fingerprint density at radius 3 is 3.06 bits per heavy atom. The summed E-state index contributed by atoms with van der Waals surface area (Å²) < 4.78 is 1.15. The first kappa shape index (κ1) is 13.8. The zero-order valence-electron chi connectivity index (χ0n) is 11.0. The molecule has 1 aromatic carbocycles. The number of likely N-dealkylation sites (N-methyl/N-ethyl adjacent to an activating group) is 1. The first-order chi connectivity index (χ1) is 8.70. The van der Waals surface area contributed by atoms with E-state index in [0.717, 1.165) is 30.7 Å². The summed E-state index contributed by atoms with van der Waals surface area (Å²) >= 11 is 3.54. The Morgan fingerprint density at radius 2 is 2.33 bits per heavy atom. The number of hydrogen-bond acceptors (Lipinski definition) is 3. The maximum absolute atomic E-state index is 5.64. The largest absolute Gasteiger partial charge is 0.370 e. The third-order valence-electron chi connectivity index (χ3n) is 3.68. The molecule has 1 heterocycles. The highest BCUT2D eigenvalue weighted by Crippen LogP contribution is 2.24. The molecule has 1 aliphatic rings. The van der Waals surface area contributed by atoms with Crippen molar-refractivity contribution >= 4 is 21.6 Å². The summed E-state index contributed by atoms with van der Waals surface area (Å²) in [6.45, 7) is 3.98. The lowest BCUT2D eigenvalue weighted by Gasteiger charge is -2.38. The van der Waals surface area contributed by atoms with Gasteiger partial charge in [0.05, 0.1) is 0 Å². The van der Waals surface area contributed by atoms with Crippen molar-refractivity contribution in [3.8, 4) is 0 Å². The van der Waals surface area contributed by atoms with Gasteiger partial charge in [0.2, 0.25) is 0 Å². The van der Waals surface area contributed by atoms with Crippen LogP contribution in [0.3, 0.4) is 0 Å². The van der Waals surface area contributed by atoms with Crippen molar-refractivity contribution in [2.75, 3.05) is 38.1 Å². The maximum atomic E-state index is 5.64. The van der Waals surface area contributed by atoms with E-state index in [0.29, 0.717) is 6.04 Å². The zero-order chi connectivity index (χ0) is 13.0. The summed E-state index contributed by atoms with van der Waals surface area (Å²) in [6.07, 6.45) is 2.53. The molecule has 2 rings (SSSR count). The number of benzene rings is 1. The quantitative estimate of drug-likeness (QED) is 0.926. The third kappa shape index (κ3) is 3.46. The van der Waals surface area contributed by atoms with Gasteiger partial charge in [0.25, 0.3) is 0 Å². The number of rotatable bonds is 4. The normalized spacial score (nSPS) is 20.4. The smallest absolute Gasteiger partial charge is 0.0378 e. The molecule has 0 saturated carbocycles. The molecule has 0 bridgehead atoms. The average molecular weight is 312 g/mol. The molecule has 1 aliphatic heterocycles. The lowest BCUT2D eigenvalue weighted by Crippen LogP contribution is -2.47. The van der Waals surface area contributed by atoms with Gasteiger partial charge in [0.1, 0.15) is 0 Å². The van der Waals surface area contributed by atoms with Gasteiger partial charge in [0.15, 0.2) is 0 Å². The minimum atomic E-state index is 0.626. The van der Waals surface area contributed by atoms with Crippen LogP contribution in [-0.4, -0.2) is 44.2 Å². The molecular weight excluding hydrogens is 290 g/mol. The van der Waals surface area contributed by atoms with Crippen LogP contribution in [0.4, 0.5) is 5.69 Å². The number of hydrogen-bond donors (Lipinski definition) is 1. The second-order valence-corrected chi connectivity index (χ2v) is 5.91. The van der Waals surface area contributed by atoms with Crippen LogP contribution in [0.1, 0.15) is 12.8 Å². The Kier molecular flexibility index (Phi) is 5.03. The predicted octanol–water partition coefficient (Wildman–Crippen LogP) is 2.31. The number of piperidine rings is 1. The Labute approximate surface area is 118 Å². The monoisotopic (exact) mass is 311 g/mol. The van der Waals surface area contributed by atoms with E-state index in [4.69, 9.17) is 5.73 Å². The van der Waals surface area contributed by atoms with Gasteiger partial charge < -0.3 is 15.5 Å². The van der Waals surface area contributed by atoms with Crippen LogP contribution in [0.2, 0.25) is 0 Å².